The van der Waals surface area contributed by atoms with Crippen LogP contribution in [0.4, 0.5) is 0 Å². The van der Waals surface area contributed by atoms with Crippen LogP contribution >= 0.6 is 0 Å². The first-order valence-corrected chi connectivity index (χ1v) is 7.00. The molecule has 2 rings (SSSR count). The summed E-state index contributed by atoms with van der Waals surface area (Å²) in [5.41, 5.74) is 0. The van der Waals surface area contributed by atoms with Crippen LogP contribution < -0.4 is 0 Å². The molecule has 0 aromatic rings. The van der Waals surface area contributed by atoms with Gasteiger partial charge in [-0.15, -0.1) is 0 Å². The van der Waals surface area contributed by atoms with Crippen LogP contribution in [0.3, 0.4) is 0 Å². The van der Waals surface area contributed by atoms with Crippen LogP contribution in [0.2, 0.25) is 0 Å². The largest absolute Gasteiger partial charge is 0.342 e. The summed E-state index contributed by atoms with van der Waals surface area (Å²) in [6.07, 6.45) is 5.03. The van der Waals surface area contributed by atoms with Crippen LogP contribution in [0.15, 0.2) is 0 Å². The number of amides is 3. The van der Waals surface area contributed by atoms with E-state index in [4.69, 9.17) is 0 Å². The predicted octanol–water partition coefficient (Wildman–Crippen LogP) is -0.310. The molecule has 0 radical (unpaired) electrons. The minimum atomic E-state index is -0.410. The number of rotatable bonds is 1. The molecule has 2 saturated heterocycles. The van der Waals surface area contributed by atoms with Gasteiger partial charge in [0.2, 0.25) is 6.41 Å². The summed E-state index contributed by atoms with van der Waals surface area (Å²) in [5.74, 6) is -0.783. The predicted molar refractivity (Wildman–Crippen MR) is 69.3 cm³/mol. The number of carbonyl (C=O) groups excluding carboxylic acids is 3. The maximum Gasteiger partial charge on any atom is 0.312 e. The van der Waals surface area contributed by atoms with Crippen molar-refractivity contribution in [2.45, 2.75) is 25.7 Å². The van der Waals surface area contributed by atoms with Crippen LogP contribution in [-0.2, 0) is 14.4 Å². The van der Waals surface area contributed by atoms with Crippen molar-refractivity contribution in [2.24, 2.45) is 0 Å². The van der Waals surface area contributed by atoms with Crippen molar-refractivity contribution in [3.8, 4) is 0 Å². The fourth-order valence-corrected chi connectivity index (χ4v) is 2.57. The maximum atomic E-state index is 12.2. The molecule has 106 valence electrons. The Morgan fingerprint density at radius 2 is 1.16 bits per heavy atom. The zero-order valence-corrected chi connectivity index (χ0v) is 11.2. The first kappa shape index (κ1) is 13.8. The lowest BCUT2D eigenvalue weighted by molar-refractivity contribution is -0.153. The van der Waals surface area contributed by atoms with Gasteiger partial charge >= 0.3 is 11.8 Å². The van der Waals surface area contributed by atoms with E-state index in [1.807, 2.05) is 0 Å². The van der Waals surface area contributed by atoms with E-state index >= 15 is 0 Å². The molecule has 3 amide bonds. The van der Waals surface area contributed by atoms with Gasteiger partial charge in [-0.2, -0.15) is 0 Å². The summed E-state index contributed by atoms with van der Waals surface area (Å²) in [7, 11) is 0. The molecule has 2 fully saturated rings. The van der Waals surface area contributed by atoms with E-state index in [0.29, 0.717) is 39.3 Å². The monoisotopic (exact) mass is 267 g/mol. The van der Waals surface area contributed by atoms with E-state index in [0.717, 1.165) is 32.1 Å². The van der Waals surface area contributed by atoms with Crippen molar-refractivity contribution < 1.29 is 14.4 Å². The smallest absolute Gasteiger partial charge is 0.312 e. The van der Waals surface area contributed by atoms with Gasteiger partial charge in [0.1, 0.15) is 0 Å². The molecule has 6 heteroatoms. The highest BCUT2D eigenvalue weighted by Crippen LogP contribution is 2.11. The highest BCUT2D eigenvalue weighted by atomic mass is 16.2. The Balaban J connectivity index is 1.88. The van der Waals surface area contributed by atoms with Gasteiger partial charge in [-0.1, -0.05) is 12.8 Å². The Bertz CT molecular complexity index is 343. The molecule has 0 N–H and O–H groups in total. The molecular formula is C13H21N3O3. The maximum absolute atomic E-state index is 12.2. The second-order valence-corrected chi connectivity index (χ2v) is 5.14. The number of piperazine rings is 1. The summed E-state index contributed by atoms with van der Waals surface area (Å²) in [5, 5.41) is 0. The Kier molecular flexibility index (Phi) is 4.76. The quantitative estimate of drug-likeness (QED) is 0.483. The number of nitrogens with zero attached hydrogens (tertiary/aromatic N) is 3. The molecule has 0 aromatic heterocycles. The normalized spacial score (nSPS) is 20.9. The van der Waals surface area contributed by atoms with E-state index in [-0.39, 0.29) is 5.91 Å². The topological polar surface area (TPSA) is 60.9 Å². The van der Waals surface area contributed by atoms with Gasteiger partial charge in [0.05, 0.1) is 0 Å². The molecule has 0 aromatic carbocycles. The summed E-state index contributed by atoms with van der Waals surface area (Å²) in [4.78, 5) is 39.8. The fraction of sp³-hybridized carbons (Fsp3) is 0.769. The molecule has 19 heavy (non-hydrogen) atoms. The molecule has 0 unspecified atom stereocenters. The van der Waals surface area contributed by atoms with Crippen molar-refractivity contribution in [3.63, 3.8) is 0 Å². The Morgan fingerprint density at radius 3 is 1.63 bits per heavy atom. The average Bonchev–Trinajstić information content (AvgIpc) is 2.75. The van der Waals surface area contributed by atoms with Crippen molar-refractivity contribution in [1.82, 2.24) is 14.7 Å². The zero-order valence-electron chi connectivity index (χ0n) is 11.2. The van der Waals surface area contributed by atoms with Gasteiger partial charge in [-0.3, -0.25) is 14.4 Å². The molecule has 0 saturated carbocycles. The van der Waals surface area contributed by atoms with Crippen molar-refractivity contribution >= 4 is 18.2 Å². The second-order valence-electron chi connectivity index (χ2n) is 5.14. The Morgan fingerprint density at radius 1 is 0.684 bits per heavy atom. The van der Waals surface area contributed by atoms with Gasteiger partial charge in [0.15, 0.2) is 0 Å². The van der Waals surface area contributed by atoms with Gasteiger partial charge in [-0.05, 0) is 12.8 Å². The Labute approximate surface area is 113 Å². The molecular weight excluding hydrogens is 246 g/mol. The SMILES string of the molecule is O=CN1CCN(C(=O)C(=O)N2CCCCCC2)CC1. The van der Waals surface area contributed by atoms with Crippen LogP contribution in [0.25, 0.3) is 0 Å². The average molecular weight is 267 g/mol. The minimum absolute atomic E-state index is 0.374. The van der Waals surface area contributed by atoms with Crippen molar-refractivity contribution in [3.05, 3.63) is 0 Å². The lowest BCUT2D eigenvalue weighted by Crippen LogP contribution is -2.53. The molecule has 6 nitrogen and oxygen atoms in total. The summed E-state index contributed by atoms with van der Waals surface area (Å²) in [6, 6.07) is 0. The van der Waals surface area contributed by atoms with E-state index < -0.39 is 5.91 Å². The molecule has 2 heterocycles. The number of carbonyl (C=O) groups is 3. The standard InChI is InChI=1S/C13H21N3O3/c17-11-14-7-9-16(10-8-14)13(19)12(18)15-5-3-1-2-4-6-15/h11H,1-10H2. The molecule has 0 bridgehead atoms. The van der Waals surface area contributed by atoms with E-state index in [2.05, 4.69) is 0 Å². The van der Waals surface area contributed by atoms with E-state index in [1.54, 1.807) is 14.7 Å². The van der Waals surface area contributed by atoms with Gasteiger partial charge < -0.3 is 14.7 Å². The minimum Gasteiger partial charge on any atom is -0.342 e. The van der Waals surface area contributed by atoms with Gasteiger partial charge in [-0.25, -0.2) is 0 Å². The first-order chi connectivity index (χ1) is 9.22. The lowest BCUT2D eigenvalue weighted by atomic mass is 10.2. The van der Waals surface area contributed by atoms with E-state index in [1.165, 1.54) is 0 Å². The third kappa shape index (κ3) is 3.45. The zero-order chi connectivity index (χ0) is 13.7. The molecule has 2 aliphatic heterocycles. The highest BCUT2D eigenvalue weighted by Gasteiger charge is 2.29. The molecule has 0 aliphatic carbocycles. The van der Waals surface area contributed by atoms with E-state index in [9.17, 15) is 14.4 Å². The van der Waals surface area contributed by atoms with Crippen molar-refractivity contribution in [1.29, 1.82) is 0 Å². The first-order valence-electron chi connectivity index (χ1n) is 7.00. The summed E-state index contributed by atoms with van der Waals surface area (Å²) >= 11 is 0. The third-order valence-electron chi connectivity index (χ3n) is 3.83. The van der Waals surface area contributed by atoms with Crippen LogP contribution in [0.5, 0.6) is 0 Å². The molecule has 2 aliphatic rings. The van der Waals surface area contributed by atoms with Gasteiger partial charge in [0, 0.05) is 39.3 Å². The third-order valence-corrected chi connectivity index (χ3v) is 3.83. The van der Waals surface area contributed by atoms with Crippen LogP contribution in [0, 0.1) is 0 Å². The number of hydrogen-bond donors (Lipinski definition) is 0. The van der Waals surface area contributed by atoms with Crippen LogP contribution in [0.1, 0.15) is 25.7 Å². The fourth-order valence-electron chi connectivity index (χ4n) is 2.57. The lowest BCUT2D eigenvalue weighted by Gasteiger charge is -2.33. The summed E-state index contributed by atoms with van der Waals surface area (Å²) < 4.78 is 0. The van der Waals surface area contributed by atoms with Crippen LogP contribution in [-0.4, -0.2) is 72.2 Å². The summed E-state index contributed by atoms with van der Waals surface area (Å²) in [6.45, 7) is 3.33. The Hall–Kier alpha value is -1.59. The highest BCUT2D eigenvalue weighted by molar-refractivity contribution is 6.34. The number of likely N-dealkylation sites (tertiary alicyclic amines) is 1. The molecule has 0 atom stereocenters. The molecule has 0 spiro atoms. The second kappa shape index (κ2) is 6.54. The van der Waals surface area contributed by atoms with Gasteiger partial charge in [0.25, 0.3) is 0 Å². The number of hydrogen-bond acceptors (Lipinski definition) is 3. The van der Waals surface area contributed by atoms with Crippen molar-refractivity contribution in [2.75, 3.05) is 39.3 Å².